The molecule has 0 amide bonds. The Morgan fingerprint density at radius 2 is 1.04 bits per heavy atom. The molecule has 0 heterocycles. The predicted molar refractivity (Wildman–Crippen MR) is 73.2 cm³/mol. The van der Waals surface area contributed by atoms with E-state index < -0.39 is 62.1 Å². The Morgan fingerprint density at radius 3 is 1.33 bits per heavy atom. The molecule has 0 saturated carbocycles. The Bertz CT molecular complexity index is 313. The largest absolute Gasteiger partial charge is 0.394 e. The molecule has 0 spiro atoms. The number of carbonyl (C=O) groups excluding carboxylic acids is 2. The summed E-state index contributed by atoms with van der Waals surface area (Å²) in [5.41, 5.74) is 0. The van der Waals surface area contributed by atoms with Crippen molar-refractivity contribution < 1.29 is 59.9 Å². The van der Waals surface area contributed by atoms with Crippen molar-refractivity contribution in [2.45, 2.75) is 48.9 Å². The topological polar surface area (TPSA) is 216 Å². The molecule has 0 aliphatic rings. The predicted octanol–water partition coefficient (Wildman–Crippen LogP) is -5.78. The molecule has 0 aliphatic carbocycles. The summed E-state index contributed by atoms with van der Waals surface area (Å²) < 4.78 is 12.3. The lowest BCUT2D eigenvalue weighted by Crippen LogP contribution is -2.46. The van der Waals surface area contributed by atoms with Crippen molar-refractivity contribution in [1.29, 1.82) is 0 Å². The Morgan fingerprint density at radius 1 is 0.667 bits per heavy atom. The highest BCUT2D eigenvalue weighted by atomic mass is 19.1. The van der Waals surface area contributed by atoms with Crippen LogP contribution in [0.1, 0.15) is 0 Å². The Balaban J connectivity index is 0. The standard InChI is InChI=1S/C6H11FO5.C6H12O6/c7-3(1-8)5(11)6(12)4(10)2-9;7-1-3(9)5(11)6(12)4(10)2-8/h1,3-6,9-12H,2H2;1,3-6,8-12H,2H2/t2*3-,4+,5+,6+/m00/s1. The van der Waals surface area contributed by atoms with Gasteiger partial charge in [0.05, 0.1) is 13.2 Å². The molecule has 144 valence electrons. The first kappa shape index (κ1) is 25.2. The summed E-state index contributed by atoms with van der Waals surface area (Å²) in [5.74, 6) is 0. The van der Waals surface area contributed by atoms with Gasteiger partial charge in [-0.05, 0) is 0 Å². The zero-order valence-electron chi connectivity index (χ0n) is 12.4. The maximum Gasteiger partial charge on any atom is 0.183 e. The van der Waals surface area contributed by atoms with Crippen LogP contribution < -0.4 is 0 Å². The molecule has 9 N–H and O–H groups in total. The first-order valence-corrected chi connectivity index (χ1v) is 6.61. The first-order valence-electron chi connectivity index (χ1n) is 6.61. The molecule has 0 aromatic rings. The van der Waals surface area contributed by atoms with Gasteiger partial charge in [0.15, 0.2) is 18.7 Å². The average Bonchev–Trinajstić information content (AvgIpc) is 2.62. The van der Waals surface area contributed by atoms with Crippen LogP contribution in [0.15, 0.2) is 0 Å². The SMILES string of the molecule is O=C[C@H](F)[C@@H](O)[C@H](O)[C@H](O)CO.O=C[C@H](O)[C@@H](O)[C@H](O)[C@H](O)CO. The van der Waals surface area contributed by atoms with Crippen LogP contribution in [0.25, 0.3) is 0 Å². The summed E-state index contributed by atoms with van der Waals surface area (Å²) >= 11 is 0. The molecular weight excluding hydrogens is 339 g/mol. The molecule has 0 saturated heterocycles. The summed E-state index contributed by atoms with van der Waals surface area (Å²) in [7, 11) is 0. The number of carbonyl (C=O) groups is 2. The third-order valence-electron chi connectivity index (χ3n) is 2.81. The third kappa shape index (κ3) is 8.68. The minimum atomic E-state index is -2.26. The fourth-order valence-electron chi connectivity index (χ4n) is 1.22. The van der Waals surface area contributed by atoms with Crippen molar-refractivity contribution in [3.05, 3.63) is 0 Å². The van der Waals surface area contributed by atoms with E-state index in [1.807, 2.05) is 0 Å². The van der Waals surface area contributed by atoms with Crippen molar-refractivity contribution in [1.82, 2.24) is 0 Å². The second-order valence-corrected chi connectivity index (χ2v) is 4.67. The van der Waals surface area contributed by atoms with Gasteiger partial charge in [-0.3, -0.25) is 0 Å². The monoisotopic (exact) mass is 362 g/mol. The van der Waals surface area contributed by atoms with Crippen LogP contribution in [0.3, 0.4) is 0 Å². The summed E-state index contributed by atoms with van der Waals surface area (Å²) in [6.07, 6.45) is -14.8. The lowest BCUT2D eigenvalue weighted by atomic mass is 10.0. The number of alkyl halides is 1. The lowest BCUT2D eigenvalue weighted by Gasteiger charge is -2.22. The minimum Gasteiger partial charge on any atom is -0.394 e. The Labute approximate surface area is 135 Å². The molecule has 8 atom stereocenters. The Kier molecular flexibility index (Phi) is 13.9. The van der Waals surface area contributed by atoms with Gasteiger partial charge in [-0.2, -0.15) is 0 Å². The molecule has 0 bridgehead atoms. The van der Waals surface area contributed by atoms with Crippen molar-refractivity contribution >= 4 is 12.6 Å². The number of rotatable bonds is 10. The van der Waals surface area contributed by atoms with Crippen LogP contribution in [0.5, 0.6) is 0 Å². The average molecular weight is 362 g/mol. The van der Waals surface area contributed by atoms with Crippen LogP contribution in [0.4, 0.5) is 4.39 Å². The molecule has 0 fully saturated rings. The maximum absolute atomic E-state index is 12.3. The van der Waals surface area contributed by atoms with Gasteiger partial charge in [0.2, 0.25) is 0 Å². The van der Waals surface area contributed by atoms with Gasteiger partial charge in [0.1, 0.15) is 42.7 Å². The maximum atomic E-state index is 12.3. The second kappa shape index (κ2) is 13.2. The van der Waals surface area contributed by atoms with E-state index in [1.165, 1.54) is 0 Å². The van der Waals surface area contributed by atoms with E-state index in [2.05, 4.69) is 0 Å². The minimum absolute atomic E-state index is 0.0258. The first-order chi connectivity index (χ1) is 11.1. The number of hydrogen-bond donors (Lipinski definition) is 9. The van der Waals surface area contributed by atoms with Gasteiger partial charge in [-0.1, -0.05) is 0 Å². The molecule has 24 heavy (non-hydrogen) atoms. The van der Waals surface area contributed by atoms with Crippen LogP contribution in [-0.2, 0) is 9.59 Å². The zero-order chi connectivity index (χ0) is 19.4. The smallest absolute Gasteiger partial charge is 0.183 e. The van der Waals surface area contributed by atoms with Crippen molar-refractivity contribution in [3.8, 4) is 0 Å². The number of hydrogen-bond acceptors (Lipinski definition) is 11. The summed E-state index contributed by atoms with van der Waals surface area (Å²) in [6, 6.07) is 0. The van der Waals surface area contributed by atoms with E-state index in [4.69, 9.17) is 46.0 Å². The molecule has 0 radical (unpaired) electrons. The quantitative estimate of drug-likeness (QED) is 0.167. The van der Waals surface area contributed by atoms with Gasteiger partial charge in [0.25, 0.3) is 0 Å². The van der Waals surface area contributed by atoms with E-state index in [1.54, 1.807) is 0 Å². The summed E-state index contributed by atoms with van der Waals surface area (Å²) in [5, 5.41) is 78.1. The van der Waals surface area contributed by atoms with Crippen molar-refractivity contribution in [3.63, 3.8) is 0 Å². The highest BCUT2D eigenvalue weighted by Gasteiger charge is 2.31. The molecule has 0 aromatic carbocycles. The van der Waals surface area contributed by atoms with Gasteiger partial charge in [0, 0.05) is 0 Å². The van der Waals surface area contributed by atoms with E-state index >= 15 is 0 Å². The molecule has 0 aromatic heterocycles. The normalized spacial score (nSPS) is 21.1. The van der Waals surface area contributed by atoms with Crippen molar-refractivity contribution in [2.75, 3.05) is 13.2 Å². The summed E-state index contributed by atoms with van der Waals surface area (Å²) in [6.45, 7) is -1.58. The zero-order valence-corrected chi connectivity index (χ0v) is 12.4. The number of aliphatic hydroxyl groups excluding tert-OH is 9. The molecule has 0 rings (SSSR count). The third-order valence-corrected chi connectivity index (χ3v) is 2.81. The van der Waals surface area contributed by atoms with E-state index in [0.717, 1.165) is 0 Å². The lowest BCUT2D eigenvalue weighted by molar-refractivity contribution is -0.136. The van der Waals surface area contributed by atoms with E-state index in [-0.39, 0.29) is 12.6 Å². The molecule has 0 aliphatic heterocycles. The summed E-state index contributed by atoms with van der Waals surface area (Å²) in [4.78, 5) is 19.7. The fourth-order valence-corrected chi connectivity index (χ4v) is 1.22. The molecular formula is C12H23FO11. The highest BCUT2D eigenvalue weighted by Crippen LogP contribution is 2.06. The van der Waals surface area contributed by atoms with Crippen LogP contribution in [0.2, 0.25) is 0 Å². The number of aliphatic hydroxyl groups is 9. The van der Waals surface area contributed by atoms with Crippen LogP contribution in [0, 0.1) is 0 Å². The second-order valence-electron chi connectivity index (χ2n) is 4.67. The number of aldehydes is 2. The number of halogens is 1. The molecule has 11 nitrogen and oxygen atoms in total. The van der Waals surface area contributed by atoms with E-state index in [9.17, 15) is 14.0 Å². The van der Waals surface area contributed by atoms with Gasteiger partial charge >= 0.3 is 0 Å². The highest BCUT2D eigenvalue weighted by molar-refractivity contribution is 5.57. The fraction of sp³-hybridized carbons (Fsp3) is 0.833. The van der Waals surface area contributed by atoms with Crippen LogP contribution in [-0.4, -0.2) is 121 Å². The molecule has 0 unspecified atom stereocenters. The Hall–Kier alpha value is -1.09. The van der Waals surface area contributed by atoms with E-state index in [0.29, 0.717) is 0 Å². The van der Waals surface area contributed by atoms with Gasteiger partial charge in [-0.25, -0.2) is 4.39 Å². The van der Waals surface area contributed by atoms with Crippen LogP contribution >= 0.6 is 0 Å². The van der Waals surface area contributed by atoms with Gasteiger partial charge < -0.3 is 55.5 Å². The molecule has 12 heteroatoms. The van der Waals surface area contributed by atoms with Crippen molar-refractivity contribution in [2.24, 2.45) is 0 Å². The van der Waals surface area contributed by atoms with Gasteiger partial charge in [-0.15, -0.1) is 0 Å².